The number of thiophene rings is 1. The Bertz CT molecular complexity index is 497. The first-order valence-corrected chi connectivity index (χ1v) is 8.12. The number of nitriles is 1. The van der Waals surface area contributed by atoms with Crippen LogP contribution in [0.4, 0.5) is 10.7 Å². The van der Waals surface area contributed by atoms with Gasteiger partial charge in [0.05, 0.1) is 10.7 Å². The topological polar surface area (TPSA) is 65.1 Å². The second-order valence-electron chi connectivity index (χ2n) is 5.83. The maximum Gasteiger partial charge on any atom is 0.130 e. The molecule has 0 bridgehead atoms. The molecule has 1 saturated carbocycles. The lowest BCUT2D eigenvalue weighted by Gasteiger charge is -2.20. The van der Waals surface area contributed by atoms with Gasteiger partial charge < -0.3 is 16.0 Å². The van der Waals surface area contributed by atoms with Crippen LogP contribution in [0, 0.1) is 11.3 Å². The first-order valence-electron chi connectivity index (χ1n) is 7.31. The number of nitrogens with zero attached hydrogens (tertiary/aromatic N) is 2. The lowest BCUT2D eigenvalue weighted by atomic mass is 10.1. The zero-order valence-corrected chi connectivity index (χ0v) is 13.4. The van der Waals surface area contributed by atoms with Gasteiger partial charge in [-0.15, -0.1) is 11.3 Å². The molecule has 0 amide bonds. The van der Waals surface area contributed by atoms with Crippen LogP contribution in [-0.4, -0.2) is 31.1 Å². The summed E-state index contributed by atoms with van der Waals surface area (Å²) in [7, 11) is 2.15. The summed E-state index contributed by atoms with van der Waals surface area (Å²) in [5, 5.41) is 13.7. The Morgan fingerprint density at radius 2 is 2.20 bits per heavy atom. The smallest absolute Gasteiger partial charge is 0.130 e. The van der Waals surface area contributed by atoms with E-state index in [0.717, 1.165) is 24.5 Å². The number of hydrogen-bond donors (Lipinski definition) is 2. The van der Waals surface area contributed by atoms with Crippen LogP contribution >= 0.6 is 11.3 Å². The maximum absolute atomic E-state index is 9.11. The van der Waals surface area contributed by atoms with E-state index in [9.17, 15) is 0 Å². The monoisotopic (exact) mass is 292 g/mol. The first kappa shape index (κ1) is 15.1. The van der Waals surface area contributed by atoms with Gasteiger partial charge >= 0.3 is 0 Å². The Hall–Kier alpha value is -1.25. The quantitative estimate of drug-likeness (QED) is 0.757. The van der Waals surface area contributed by atoms with Gasteiger partial charge in [0, 0.05) is 18.2 Å². The lowest BCUT2D eigenvalue weighted by molar-refractivity contribution is 0.273. The van der Waals surface area contributed by atoms with Crippen LogP contribution in [0.25, 0.3) is 0 Å². The van der Waals surface area contributed by atoms with Gasteiger partial charge in [-0.1, -0.05) is 0 Å². The van der Waals surface area contributed by atoms with Crippen molar-refractivity contribution in [2.24, 2.45) is 0 Å². The van der Waals surface area contributed by atoms with Crippen molar-refractivity contribution in [2.45, 2.75) is 45.1 Å². The van der Waals surface area contributed by atoms with E-state index in [4.69, 9.17) is 11.0 Å². The Kier molecular flexibility index (Phi) is 4.90. The molecule has 4 nitrogen and oxygen atoms in total. The second-order valence-corrected chi connectivity index (χ2v) is 6.85. The van der Waals surface area contributed by atoms with E-state index in [1.807, 2.05) is 0 Å². The first-order chi connectivity index (χ1) is 9.54. The van der Waals surface area contributed by atoms with Gasteiger partial charge in [0.2, 0.25) is 0 Å². The fourth-order valence-electron chi connectivity index (χ4n) is 2.24. The van der Waals surface area contributed by atoms with Crippen molar-refractivity contribution in [2.75, 3.05) is 31.2 Å². The minimum Gasteiger partial charge on any atom is -0.397 e. The summed E-state index contributed by atoms with van der Waals surface area (Å²) in [6, 6.07) is 2.79. The van der Waals surface area contributed by atoms with Gasteiger partial charge in [-0.3, -0.25) is 0 Å². The molecule has 110 valence electrons. The fraction of sp³-hybridized carbons (Fsp3) is 0.667. The molecule has 1 heterocycles. The van der Waals surface area contributed by atoms with Crippen molar-refractivity contribution in [1.82, 2.24) is 4.90 Å². The molecule has 0 atom stereocenters. The van der Waals surface area contributed by atoms with E-state index < -0.39 is 0 Å². The summed E-state index contributed by atoms with van der Waals surface area (Å²) >= 11 is 1.51. The molecule has 20 heavy (non-hydrogen) atoms. The largest absolute Gasteiger partial charge is 0.397 e. The van der Waals surface area contributed by atoms with Crippen LogP contribution in [0.2, 0.25) is 0 Å². The third-order valence-electron chi connectivity index (χ3n) is 3.93. The van der Waals surface area contributed by atoms with Crippen LogP contribution in [0.3, 0.4) is 0 Å². The third kappa shape index (κ3) is 3.44. The van der Waals surface area contributed by atoms with Gasteiger partial charge in [0.25, 0.3) is 0 Å². The molecule has 0 unspecified atom stereocenters. The Labute approximate surface area is 125 Å². The van der Waals surface area contributed by atoms with Crippen LogP contribution in [0.15, 0.2) is 0 Å². The Balaban J connectivity index is 1.91. The predicted octanol–water partition coefficient (Wildman–Crippen LogP) is 3.22. The van der Waals surface area contributed by atoms with Gasteiger partial charge in [-0.05, 0) is 52.6 Å². The minimum atomic E-state index is 0.578. The molecule has 1 aliphatic rings. The molecule has 0 aromatic carbocycles. The highest BCUT2D eigenvalue weighted by molar-refractivity contribution is 7.17. The van der Waals surface area contributed by atoms with Crippen LogP contribution < -0.4 is 11.1 Å². The predicted molar refractivity (Wildman–Crippen MR) is 86.3 cm³/mol. The van der Waals surface area contributed by atoms with Crippen LogP contribution in [0.5, 0.6) is 0 Å². The van der Waals surface area contributed by atoms with E-state index >= 15 is 0 Å². The molecule has 1 aliphatic carbocycles. The normalized spacial score (nSPS) is 14.8. The third-order valence-corrected chi connectivity index (χ3v) is 5.01. The molecular weight excluding hydrogens is 268 g/mol. The molecule has 0 saturated heterocycles. The van der Waals surface area contributed by atoms with Gasteiger partial charge in [-0.2, -0.15) is 5.26 Å². The zero-order chi connectivity index (χ0) is 14.7. The van der Waals surface area contributed by atoms with Gasteiger partial charge in [0.1, 0.15) is 10.9 Å². The van der Waals surface area contributed by atoms with E-state index in [1.165, 1.54) is 29.7 Å². The lowest BCUT2D eigenvalue weighted by Crippen LogP contribution is -2.28. The summed E-state index contributed by atoms with van der Waals surface area (Å²) in [6.45, 7) is 6.42. The number of anilines is 2. The number of hydrogen-bond acceptors (Lipinski definition) is 5. The fourth-order valence-corrected chi connectivity index (χ4v) is 3.27. The van der Waals surface area contributed by atoms with Crippen molar-refractivity contribution in [3.8, 4) is 6.07 Å². The van der Waals surface area contributed by atoms with E-state index in [-0.39, 0.29) is 0 Å². The molecule has 0 radical (unpaired) electrons. The molecule has 1 aromatic rings. The standard InChI is InChI=1S/C15H24N4S/c1-10(2)19(3)8-4-7-18-15-13(11-5-6-11)14(17)12(9-16)20-15/h10-11,18H,4-8,17H2,1-3H3. The SMILES string of the molecule is CC(C)N(C)CCCNc1sc(C#N)c(N)c1C1CC1. The second kappa shape index (κ2) is 6.47. The van der Waals surface area contributed by atoms with Crippen LogP contribution in [-0.2, 0) is 0 Å². The Morgan fingerprint density at radius 1 is 1.50 bits per heavy atom. The average molecular weight is 292 g/mol. The van der Waals surface area contributed by atoms with E-state index in [0.29, 0.717) is 22.5 Å². The van der Waals surface area contributed by atoms with Gasteiger partial charge in [0.15, 0.2) is 0 Å². The highest BCUT2D eigenvalue weighted by Gasteiger charge is 2.31. The molecule has 5 heteroatoms. The molecular formula is C15H24N4S. The molecule has 2 rings (SSSR count). The number of nitrogens with one attached hydrogen (secondary N) is 1. The van der Waals surface area contributed by atoms with E-state index in [2.05, 4.69) is 37.2 Å². The number of rotatable bonds is 7. The maximum atomic E-state index is 9.11. The van der Waals surface area contributed by atoms with Crippen molar-refractivity contribution in [1.29, 1.82) is 5.26 Å². The average Bonchev–Trinajstić information content (AvgIpc) is 3.19. The number of nitrogens with two attached hydrogens (primary N) is 1. The zero-order valence-electron chi connectivity index (χ0n) is 12.6. The van der Waals surface area contributed by atoms with Crippen molar-refractivity contribution in [3.05, 3.63) is 10.4 Å². The molecule has 3 N–H and O–H groups in total. The van der Waals surface area contributed by atoms with Crippen molar-refractivity contribution >= 4 is 22.0 Å². The Morgan fingerprint density at radius 3 is 2.75 bits per heavy atom. The van der Waals surface area contributed by atoms with Crippen LogP contribution in [0.1, 0.15) is 49.5 Å². The summed E-state index contributed by atoms with van der Waals surface area (Å²) < 4.78 is 0. The van der Waals surface area contributed by atoms with Crippen molar-refractivity contribution in [3.63, 3.8) is 0 Å². The summed E-state index contributed by atoms with van der Waals surface area (Å²) in [5.74, 6) is 0.578. The van der Waals surface area contributed by atoms with Gasteiger partial charge in [-0.25, -0.2) is 0 Å². The van der Waals surface area contributed by atoms with E-state index in [1.54, 1.807) is 0 Å². The molecule has 0 aliphatic heterocycles. The summed E-state index contributed by atoms with van der Waals surface area (Å²) in [5.41, 5.74) is 8.00. The number of nitrogen functional groups attached to an aromatic ring is 1. The highest BCUT2D eigenvalue weighted by atomic mass is 32.1. The van der Waals surface area contributed by atoms with Crippen molar-refractivity contribution < 1.29 is 0 Å². The molecule has 0 spiro atoms. The molecule has 1 aromatic heterocycles. The molecule has 1 fully saturated rings. The summed E-state index contributed by atoms with van der Waals surface area (Å²) in [6.07, 6.45) is 3.51. The highest BCUT2D eigenvalue weighted by Crippen LogP contribution is 2.50. The minimum absolute atomic E-state index is 0.578. The summed E-state index contributed by atoms with van der Waals surface area (Å²) in [4.78, 5) is 3.00.